The minimum Gasteiger partial charge on any atom is -0.369 e. The van der Waals surface area contributed by atoms with E-state index < -0.39 is 0 Å². The number of aryl methyl sites for hydroxylation is 1. The molecule has 7 nitrogen and oxygen atoms in total. The van der Waals surface area contributed by atoms with Crippen molar-refractivity contribution in [1.82, 2.24) is 20.5 Å². The summed E-state index contributed by atoms with van der Waals surface area (Å²) in [5.41, 5.74) is 2.43. The van der Waals surface area contributed by atoms with E-state index >= 15 is 0 Å². The summed E-state index contributed by atoms with van der Waals surface area (Å²) in [6.45, 7) is 4.92. The Balaban J connectivity index is 1.52. The fourth-order valence-corrected chi connectivity index (χ4v) is 4.87. The molecule has 8 heteroatoms. The van der Waals surface area contributed by atoms with Crippen LogP contribution in [0.25, 0.3) is 0 Å². The van der Waals surface area contributed by atoms with Crippen molar-refractivity contribution < 1.29 is 14.2 Å². The van der Waals surface area contributed by atoms with Crippen LogP contribution in [0.3, 0.4) is 0 Å². The zero-order valence-electron chi connectivity index (χ0n) is 14.5. The monoisotopic (exact) mass is 362 g/mol. The van der Waals surface area contributed by atoms with E-state index in [1.165, 1.54) is 10.4 Å². The minimum atomic E-state index is -0.199. The molecule has 2 aromatic heterocycles. The van der Waals surface area contributed by atoms with Gasteiger partial charge in [0.15, 0.2) is 0 Å². The molecule has 1 amide bonds. The Morgan fingerprint density at radius 2 is 2.20 bits per heavy atom. The molecule has 0 atom stereocenters. The van der Waals surface area contributed by atoms with Crippen molar-refractivity contribution in [1.29, 1.82) is 0 Å². The van der Waals surface area contributed by atoms with Crippen LogP contribution >= 0.6 is 11.3 Å². The van der Waals surface area contributed by atoms with E-state index in [4.69, 9.17) is 4.74 Å². The highest BCUT2D eigenvalue weighted by Crippen LogP contribution is 2.45. The predicted molar refractivity (Wildman–Crippen MR) is 92.6 cm³/mol. The number of carbonyl (C=O) groups is 1. The van der Waals surface area contributed by atoms with Gasteiger partial charge in [-0.15, -0.1) is 11.3 Å². The summed E-state index contributed by atoms with van der Waals surface area (Å²) in [7, 11) is 2.14. The van der Waals surface area contributed by atoms with Crippen LogP contribution in [0.15, 0.2) is 10.7 Å². The van der Waals surface area contributed by atoms with E-state index in [9.17, 15) is 4.79 Å². The summed E-state index contributed by atoms with van der Waals surface area (Å²) in [4.78, 5) is 16.9. The molecule has 1 fully saturated rings. The van der Waals surface area contributed by atoms with Crippen molar-refractivity contribution in [3.05, 3.63) is 32.8 Å². The molecule has 2 aliphatic rings. The Labute approximate surface area is 150 Å². The van der Waals surface area contributed by atoms with E-state index in [0.717, 1.165) is 43.8 Å². The van der Waals surface area contributed by atoms with Gasteiger partial charge < -0.3 is 15.0 Å². The van der Waals surface area contributed by atoms with E-state index in [1.807, 2.05) is 13.0 Å². The van der Waals surface area contributed by atoms with Crippen LogP contribution in [0.2, 0.25) is 0 Å². The number of hydrogen-bond donors (Lipinski definition) is 1. The van der Waals surface area contributed by atoms with E-state index in [0.29, 0.717) is 17.9 Å². The number of likely N-dealkylation sites (tertiary alicyclic amines) is 1. The molecule has 0 radical (unpaired) electrons. The maximum absolute atomic E-state index is 12.6. The highest BCUT2D eigenvalue weighted by molar-refractivity contribution is 7.14. The van der Waals surface area contributed by atoms with Crippen LogP contribution in [0.5, 0.6) is 0 Å². The zero-order chi connectivity index (χ0) is 17.4. The maximum Gasteiger partial charge on any atom is 0.261 e. The first-order valence-corrected chi connectivity index (χ1v) is 9.41. The predicted octanol–water partition coefficient (Wildman–Crippen LogP) is 1.86. The maximum atomic E-state index is 12.6. The SMILES string of the molecule is Cc1nonc1CNC(=O)c1cc2c(s1)C1(CCN(C)CC1)OCC2. The number of thiophene rings is 1. The average Bonchev–Trinajstić information content (AvgIpc) is 3.23. The van der Waals surface area contributed by atoms with E-state index in [2.05, 4.69) is 32.2 Å². The number of aromatic nitrogens is 2. The Morgan fingerprint density at radius 3 is 2.92 bits per heavy atom. The second-order valence-electron chi connectivity index (χ2n) is 6.84. The van der Waals surface area contributed by atoms with Gasteiger partial charge in [0.1, 0.15) is 17.0 Å². The Hall–Kier alpha value is -1.77. The molecule has 25 heavy (non-hydrogen) atoms. The molecule has 2 aliphatic heterocycles. The van der Waals surface area contributed by atoms with Crippen molar-refractivity contribution in [3.8, 4) is 0 Å². The summed E-state index contributed by atoms with van der Waals surface area (Å²) >= 11 is 1.58. The normalized spacial score (nSPS) is 19.8. The number of piperidine rings is 1. The lowest BCUT2D eigenvalue weighted by Gasteiger charge is -2.42. The number of nitrogens with one attached hydrogen (secondary N) is 1. The molecule has 0 aromatic carbocycles. The molecule has 0 unspecified atom stereocenters. The van der Waals surface area contributed by atoms with Gasteiger partial charge in [0.05, 0.1) is 18.0 Å². The van der Waals surface area contributed by atoms with Crippen LogP contribution in [0, 0.1) is 6.92 Å². The number of ether oxygens (including phenoxy) is 1. The smallest absolute Gasteiger partial charge is 0.261 e. The molecule has 4 heterocycles. The molecule has 1 spiro atoms. The number of nitrogens with zero attached hydrogens (tertiary/aromatic N) is 3. The van der Waals surface area contributed by atoms with Crippen molar-refractivity contribution in [3.63, 3.8) is 0 Å². The van der Waals surface area contributed by atoms with E-state index in [1.54, 1.807) is 11.3 Å². The molecule has 0 bridgehead atoms. The molecular formula is C17H22N4O3S. The Bertz CT molecular complexity index is 777. The van der Waals surface area contributed by atoms with Crippen molar-refractivity contribution in [2.24, 2.45) is 0 Å². The summed E-state index contributed by atoms with van der Waals surface area (Å²) in [5, 5.41) is 10.4. The highest BCUT2D eigenvalue weighted by atomic mass is 32.1. The van der Waals surface area contributed by atoms with Crippen LogP contribution in [0.1, 0.15) is 44.3 Å². The molecule has 1 N–H and O–H groups in total. The third-order valence-corrected chi connectivity index (χ3v) is 6.52. The number of amides is 1. The van der Waals surface area contributed by atoms with Gasteiger partial charge in [0, 0.05) is 18.0 Å². The topological polar surface area (TPSA) is 80.5 Å². The molecule has 2 aromatic rings. The summed E-state index contributed by atoms with van der Waals surface area (Å²) in [6.07, 6.45) is 2.85. The molecular weight excluding hydrogens is 340 g/mol. The average molecular weight is 362 g/mol. The number of hydrogen-bond acceptors (Lipinski definition) is 7. The molecule has 0 aliphatic carbocycles. The minimum absolute atomic E-state index is 0.0788. The van der Waals surface area contributed by atoms with E-state index in [-0.39, 0.29) is 11.5 Å². The van der Waals surface area contributed by atoms with Gasteiger partial charge in [0.2, 0.25) is 0 Å². The second kappa shape index (κ2) is 6.51. The van der Waals surface area contributed by atoms with Crippen molar-refractivity contribution in [2.45, 2.75) is 38.3 Å². The van der Waals surface area contributed by atoms with Crippen LogP contribution in [-0.4, -0.2) is 47.9 Å². The van der Waals surface area contributed by atoms with Gasteiger partial charge in [0.25, 0.3) is 5.91 Å². The second-order valence-corrected chi connectivity index (χ2v) is 7.89. The first-order chi connectivity index (χ1) is 12.1. The highest BCUT2D eigenvalue weighted by Gasteiger charge is 2.42. The Morgan fingerprint density at radius 1 is 1.40 bits per heavy atom. The number of carbonyl (C=O) groups excluding carboxylic acids is 1. The lowest BCUT2D eigenvalue weighted by Crippen LogP contribution is -2.44. The van der Waals surface area contributed by atoms with Gasteiger partial charge in [-0.3, -0.25) is 4.79 Å². The lowest BCUT2D eigenvalue weighted by molar-refractivity contribution is -0.0921. The molecule has 0 saturated carbocycles. The van der Waals surface area contributed by atoms with Gasteiger partial charge in [-0.05, 0) is 44.9 Å². The third-order valence-electron chi connectivity index (χ3n) is 5.15. The van der Waals surface area contributed by atoms with Gasteiger partial charge >= 0.3 is 0 Å². The van der Waals surface area contributed by atoms with Gasteiger partial charge in [-0.25, -0.2) is 4.63 Å². The molecule has 1 saturated heterocycles. The van der Waals surface area contributed by atoms with Crippen molar-refractivity contribution >= 4 is 17.2 Å². The fraction of sp³-hybridized carbons (Fsp3) is 0.588. The summed E-state index contributed by atoms with van der Waals surface area (Å²) in [6, 6.07) is 2.03. The molecule has 4 rings (SSSR count). The first-order valence-electron chi connectivity index (χ1n) is 8.59. The quantitative estimate of drug-likeness (QED) is 0.898. The van der Waals surface area contributed by atoms with Crippen molar-refractivity contribution in [2.75, 3.05) is 26.7 Å². The number of fused-ring (bicyclic) bond motifs is 2. The van der Waals surface area contributed by atoms with Gasteiger partial charge in [-0.1, -0.05) is 10.3 Å². The van der Waals surface area contributed by atoms with Crippen LogP contribution in [-0.2, 0) is 23.3 Å². The zero-order valence-corrected chi connectivity index (χ0v) is 15.3. The molecule has 134 valence electrons. The lowest BCUT2D eigenvalue weighted by atomic mass is 9.85. The standard InChI is InChI=1S/C17H22N4O3S/c1-11-13(20-24-19-11)10-18-16(22)14-9-12-3-8-23-17(15(12)25-14)4-6-21(2)7-5-17/h9H,3-8,10H2,1-2H3,(H,18,22). The largest absolute Gasteiger partial charge is 0.369 e. The van der Waals surface area contributed by atoms with Crippen LogP contribution < -0.4 is 5.32 Å². The van der Waals surface area contributed by atoms with Crippen LogP contribution in [0.4, 0.5) is 0 Å². The Kier molecular flexibility index (Phi) is 4.35. The number of rotatable bonds is 3. The summed E-state index contributed by atoms with van der Waals surface area (Å²) < 4.78 is 10.9. The summed E-state index contributed by atoms with van der Waals surface area (Å²) in [5.74, 6) is -0.0788. The first kappa shape index (κ1) is 16.7. The third kappa shape index (κ3) is 3.09. The fourth-order valence-electron chi connectivity index (χ4n) is 3.55. The van der Waals surface area contributed by atoms with Gasteiger partial charge in [-0.2, -0.15) is 0 Å².